The van der Waals surface area contributed by atoms with Gasteiger partial charge < -0.3 is 5.73 Å². The molecule has 1 atom stereocenters. The molecule has 6 heteroatoms. The zero-order chi connectivity index (χ0) is 7.78. The van der Waals surface area contributed by atoms with Gasteiger partial charge in [-0.25, -0.2) is 8.42 Å². The molecule has 3 N–H and O–H groups in total. The smallest absolute Gasteiger partial charge is 0.250 e. The van der Waals surface area contributed by atoms with Crippen LogP contribution in [0.3, 0.4) is 0 Å². The fourth-order valence-corrected chi connectivity index (χ4v) is 1.71. The van der Waals surface area contributed by atoms with Gasteiger partial charge in [-0.2, -0.15) is 0 Å². The normalized spacial score (nSPS) is 31.3. The topological polar surface area (TPSA) is 89.3 Å². The summed E-state index contributed by atoms with van der Waals surface area (Å²) in [5, 5.41) is -0.926. The van der Waals surface area contributed by atoms with Gasteiger partial charge in [0.1, 0.15) is 5.37 Å². The third kappa shape index (κ3) is 1.27. The number of hydrogen-bond donors (Lipinski definition) is 2. The second-order valence-electron chi connectivity index (χ2n) is 2.15. The number of carbonyl (C=O) groups is 1. The summed E-state index contributed by atoms with van der Waals surface area (Å²) in [5.74, 6) is -0.471. The lowest BCUT2D eigenvalue weighted by Crippen LogP contribution is -2.47. The van der Waals surface area contributed by atoms with Crippen LogP contribution in [0.15, 0.2) is 0 Å². The van der Waals surface area contributed by atoms with E-state index in [-0.39, 0.29) is 12.8 Å². The Morgan fingerprint density at radius 1 is 1.60 bits per heavy atom. The second-order valence-corrected chi connectivity index (χ2v) is 4.05. The van der Waals surface area contributed by atoms with Gasteiger partial charge in [0.05, 0.1) is 0 Å². The highest BCUT2D eigenvalue weighted by Crippen LogP contribution is 2.07. The Hall–Kier alpha value is -0.620. The van der Waals surface area contributed by atoms with E-state index in [9.17, 15) is 13.2 Å². The number of nitrogens with one attached hydrogen (secondary N) is 1. The highest BCUT2D eigenvalue weighted by atomic mass is 32.2. The van der Waals surface area contributed by atoms with Gasteiger partial charge in [-0.1, -0.05) is 0 Å². The van der Waals surface area contributed by atoms with E-state index < -0.39 is 21.3 Å². The van der Waals surface area contributed by atoms with Crippen molar-refractivity contribution in [1.82, 2.24) is 4.72 Å². The predicted octanol–water partition coefficient (Wildman–Crippen LogP) is -1.49. The molecule has 1 saturated heterocycles. The maximum Gasteiger partial charge on any atom is 0.250 e. The summed E-state index contributed by atoms with van der Waals surface area (Å²) in [6, 6.07) is 0. The Balaban J connectivity index is 2.84. The molecule has 10 heavy (non-hydrogen) atoms. The first-order chi connectivity index (χ1) is 4.52. The van der Waals surface area contributed by atoms with Crippen LogP contribution >= 0.6 is 0 Å². The molecule has 1 rings (SSSR count). The molecule has 0 bridgehead atoms. The van der Waals surface area contributed by atoms with Gasteiger partial charge in [0, 0.05) is 6.42 Å². The summed E-state index contributed by atoms with van der Waals surface area (Å²) in [7, 11) is -3.53. The highest BCUT2D eigenvalue weighted by Gasteiger charge is 2.28. The Morgan fingerprint density at radius 3 is 2.60 bits per heavy atom. The lowest BCUT2D eigenvalue weighted by atomic mass is 10.3. The molecule has 0 aromatic heterocycles. The SMILES string of the molecule is NC1CCC(=O)NS1(=O)=O. The van der Waals surface area contributed by atoms with Gasteiger partial charge in [0.25, 0.3) is 10.0 Å². The number of amides is 1. The standard InChI is InChI=1S/C4H8N2O3S/c5-3-1-2-4(7)6-10(3,8)9/h3H,1-2,5H2,(H,6,7). The number of hydrogen-bond acceptors (Lipinski definition) is 4. The zero-order valence-corrected chi connectivity index (χ0v) is 6.02. The molecule has 5 nitrogen and oxygen atoms in total. The third-order valence-corrected chi connectivity index (χ3v) is 2.86. The van der Waals surface area contributed by atoms with Crippen LogP contribution in [-0.4, -0.2) is 19.7 Å². The largest absolute Gasteiger partial charge is 0.314 e. The van der Waals surface area contributed by atoms with Crippen molar-refractivity contribution in [2.24, 2.45) is 5.73 Å². The van der Waals surface area contributed by atoms with Crippen molar-refractivity contribution in [2.75, 3.05) is 0 Å². The van der Waals surface area contributed by atoms with Gasteiger partial charge in [-0.05, 0) is 6.42 Å². The molecule has 1 fully saturated rings. The Labute approximate surface area is 58.6 Å². The van der Waals surface area contributed by atoms with E-state index in [4.69, 9.17) is 5.73 Å². The van der Waals surface area contributed by atoms with Crippen LogP contribution in [0.5, 0.6) is 0 Å². The minimum atomic E-state index is -3.53. The molecule has 1 aliphatic heterocycles. The Morgan fingerprint density at radius 2 is 2.20 bits per heavy atom. The molecule has 0 saturated carbocycles. The average Bonchev–Trinajstić information content (AvgIpc) is 1.78. The first-order valence-electron chi connectivity index (χ1n) is 2.82. The predicted molar refractivity (Wildman–Crippen MR) is 34.3 cm³/mol. The summed E-state index contributed by atoms with van der Waals surface area (Å²) in [5.41, 5.74) is 5.17. The highest BCUT2D eigenvalue weighted by molar-refractivity contribution is 7.90. The van der Waals surface area contributed by atoms with Crippen LogP contribution in [0.2, 0.25) is 0 Å². The molecule has 0 aromatic carbocycles. The van der Waals surface area contributed by atoms with Crippen molar-refractivity contribution >= 4 is 15.9 Å². The van der Waals surface area contributed by atoms with E-state index in [1.54, 1.807) is 0 Å². The zero-order valence-electron chi connectivity index (χ0n) is 5.20. The molecule has 58 valence electrons. The van der Waals surface area contributed by atoms with Crippen LogP contribution in [0, 0.1) is 0 Å². The molecule has 0 aromatic rings. The van der Waals surface area contributed by atoms with Crippen LogP contribution in [0.1, 0.15) is 12.8 Å². The van der Waals surface area contributed by atoms with Crippen LogP contribution in [-0.2, 0) is 14.8 Å². The van der Waals surface area contributed by atoms with Crippen LogP contribution < -0.4 is 10.5 Å². The van der Waals surface area contributed by atoms with Crippen LogP contribution in [0.25, 0.3) is 0 Å². The number of carbonyl (C=O) groups excluding carboxylic acids is 1. The summed E-state index contributed by atoms with van der Waals surface area (Å²) in [4.78, 5) is 10.5. The number of sulfonamides is 1. The molecule has 0 aliphatic carbocycles. The molecule has 1 unspecified atom stereocenters. The van der Waals surface area contributed by atoms with Gasteiger partial charge in [0.2, 0.25) is 5.91 Å². The molecule has 0 radical (unpaired) electrons. The van der Waals surface area contributed by atoms with Gasteiger partial charge >= 0.3 is 0 Å². The maximum absolute atomic E-state index is 10.7. The monoisotopic (exact) mass is 164 g/mol. The maximum atomic E-state index is 10.7. The van der Waals surface area contributed by atoms with E-state index in [0.717, 1.165) is 0 Å². The van der Waals surface area contributed by atoms with Crippen molar-refractivity contribution in [3.8, 4) is 0 Å². The van der Waals surface area contributed by atoms with E-state index in [0.29, 0.717) is 0 Å². The molecule has 1 amide bonds. The van der Waals surface area contributed by atoms with Crippen molar-refractivity contribution in [3.05, 3.63) is 0 Å². The fourth-order valence-electron chi connectivity index (χ4n) is 0.714. The first kappa shape index (κ1) is 7.49. The van der Waals surface area contributed by atoms with Crippen molar-refractivity contribution in [3.63, 3.8) is 0 Å². The lowest BCUT2D eigenvalue weighted by Gasteiger charge is -2.18. The van der Waals surface area contributed by atoms with Gasteiger partial charge in [0.15, 0.2) is 0 Å². The Kier molecular flexibility index (Phi) is 1.65. The van der Waals surface area contributed by atoms with Gasteiger partial charge in [-0.15, -0.1) is 0 Å². The molecule has 1 aliphatic rings. The number of rotatable bonds is 0. The summed E-state index contributed by atoms with van der Waals surface area (Å²) in [6.07, 6.45) is 0.411. The molecule has 1 heterocycles. The minimum Gasteiger partial charge on any atom is -0.314 e. The molecular formula is C4H8N2O3S. The van der Waals surface area contributed by atoms with E-state index in [2.05, 4.69) is 0 Å². The first-order valence-corrected chi connectivity index (χ1v) is 4.37. The van der Waals surface area contributed by atoms with Crippen molar-refractivity contribution in [1.29, 1.82) is 0 Å². The van der Waals surface area contributed by atoms with E-state index in [1.165, 1.54) is 0 Å². The molecule has 0 spiro atoms. The lowest BCUT2D eigenvalue weighted by molar-refractivity contribution is -0.119. The second kappa shape index (κ2) is 2.21. The summed E-state index contributed by atoms with van der Waals surface area (Å²) >= 11 is 0. The summed E-state index contributed by atoms with van der Waals surface area (Å²) in [6.45, 7) is 0. The quantitative estimate of drug-likeness (QED) is 0.456. The fraction of sp³-hybridized carbons (Fsp3) is 0.750. The van der Waals surface area contributed by atoms with E-state index >= 15 is 0 Å². The minimum absolute atomic E-state index is 0.195. The third-order valence-electron chi connectivity index (χ3n) is 1.31. The van der Waals surface area contributed by atoms with Crippen molar-refractivity contribution in [2.45, 2.75) is 18.2 Å². The Bertz CT molecular complexity index is 245. The van der Waals surface area contributed by atoms with E-state index in [1.807, 2.05) is 4.72 Å². The van der Waals surface area contributed by atoms with Crippen molar-refractivity contribution < 1.29 is 13.2 Å². The number of nitrogens with two attached hydrogens (primary N) is 1. The summed E-state index contributed by atoms with van der Waals surface area (Å²) < 4.78 is 23.3. The van der Waals surface area contributed by atoms with Crippen LogP contribution in [0.4, 0.5) is 0 Å². The van der Waals surface area contributed by atoms with Gasteiger partial charge in [-0.3, -0.25) is 9.52 Å². The molecular weight excluding hydrogens is 156 g/mol. The average molecular weight is 164 g/mol.